The third-order valence-electron chi connectivity index (χ3n) is 5.97. The molecule has 2 amide bonds. The third kappa shape index (κ3) is 7.17. The van der Waals surface area contributed by atoms with Crippen molar-refractivity contribution in [2.75, 3.05) is 26.7 Å². The summed E-state index contributed by atoms with van der Waals surface area (Å²) in [5, 5.41) is 2.60. The Hall–Kier alpha value is -3.16. The summed E-state index contributed by atoms with van der Waals surface area (Å²) in [5.41, 5.74) is 2.79. The van der Waals surface area contributed by atoms with Crippen molar-refractivity contribution in [2.45, 2.75) is 39.2 Å². The number of aryl methyl sites for hydroxylation is 2. The van der Waals surface area contributed by atoms with Gasteiger partial charge in [0.05, 0.1) is 13.7 Å². The quantitative estimate of drug-likeness (QED) is 0.609. The average molecular weight is 461 g/mol. The number of nitrogens with one attached hydrogen (secondary N) is 1. The van der Waals surface area contributed by atoms with E-state index in [0.29, 0.717) is 19.0 Å². The van der Waals surface area contributed by atoms with Crippen LogP contribution >= 0.6 is 0 Å². The molecule has 1 N–H and O–H groups in total. The first-order chi connectivity index (χ1) is 15.9. The Bertz CT molecular complexity index is 942. The van der Waals surface area contributed by atoms with E-state index in [2.05, 4.69) is 41.2 Å². The monoisotopic (exact) mass is 460 g/mol. The molecule has 2 aromatic carbocycles. The van der Waals surface area contributed by atoms with Crippen LogP contribution in [0.3, 0.4) is 0 Å². The van der Waals surface area contributed by atoms with Gasteiger partial charge in [-0.2, -0.15) is 8.78 Å². The lowest BCUT2D eigenvalue weighted by atomic mass is 9.90. The first kappa shape index (κ1) is 24.5. The highest BCUT2D eigenvalue weighted by Gasteiger charge is 2.23. The number of amides is 2. The zero-order valence-electron chi connectivity index (χ0n) is 19.0. The standard InChI is InChI=1S/C25H30F2N2O4/c1-17-3-5-18(6-4-17)7-8-19-11-13-29(14-12-19)23(30)16-28-24(31)20-9-10-21(33-25(26)27)22(15-20)32-2/h3-6,9-10,15,19,25H,7-8,11-14,16H2,1-2H3,(H,28,31). The maximum absolute atomic E-state index is 12.5. The highest BCUT2D eigenvalue weighted by molar-refractivity contribution is 5.97. The maximum Gasteiger partial charge on any atom is 0.387 e. The normalized spacial score (nSPS) is 14.3. The number of benzene rings is 2. The molecule has 1 aliphatic heterocycles. The predicted molar refractivity (Wildman–Crippen MR) is 121 cm³/mol. The molecule has 0 spiro atoms. The van der Waals surface area contributed by atoms with Crippen LogP contribution in [0.4, 0.5) is 8.78 Å². The fourth-order valence-electron chi connectivity index (χ4n) is 3.97. The number of piperidine rings is 1. The summed E-state index contributed by atoms with van der Waals surface area (Å²) >= 11 is 0. The van der Waals surface area contributed by atoms with Gasteiger partial charge in [-0.25, -0.2) is 0 Å². The molecule has 0 saturated carbocycles. The van der Waals surface area contributed by atoms with Crippen molar-refractivity contribution >= 4 is 11.8 Å². The zero-order valence-corrected chi connectivity index (χ0v) is 19.0. The van der Waals surface area contributed by atoms with Gasteiger partial charge in [0.1, 0.15) is 0 Å². The van der Waals surface area contributed by atoms with Gasteiger partial charge in [0.25, 0.3) is 5.91 Å². The van der Waals surface area contributed by atoms with Gasteiger partial charge < -0.3 is 19.7 Å². The minimum Gasteiger partial charge on any atom is -0.493 e. The molecule has 0 bridgehead atoms. The van der Waals surface area contributed by atoms with Gasteiger partial charge in [-0.1, -0.05) is 29.8 Å². The van der Waals surface area contributed by atoms with Gasteiger partial charge in [0.2, 0.25) is 5.91 Å². The molecule has 0 aromatic heterocycles. The fourth-order valence-corrected chi connectivity index (χ4v) is 3.97. The molecule has 8 heteroatoms. The van der Waals surface area contributed by atoms with Gasteiger partial charge in [0, 0.05) is 18.7 Å². The SMILES string of the molecule is COc1cc(C(=O)NCC(=O)N2CCC(CCc3ccc(C)cc3)CC2)ccc1OC(F)F. The Morgan fingerprint density at radius 3 is 2.42 bits per heavy atom. The van der Waals surface area contributed by atoms with Crippen LogP contribution < -0.4 is 14.8 Å². The number of carbonyl (C=O) groups excluding carboxylic acids is 2. The second-order valence-corrected chi connectivity index (χ2v) is 8.28. The number of halogens is 2. The molecule has 1 heterocycles. The van der Waals surface area contributed by atoms with Crippen LogP contribution in [0.25, 0.3) is 0 Å². The van der Waals surface area contributed by atoms with Crippen LogP contribution in [0.5, 0.6) is 11.5 Å². The average Bonchev–Trinajstić information content (AvgIpc) is 2.82. The lowest BCUT2D eigenvalue weighted by Crippen LogP contribution is -2.44. The summed E-state index contributed by atoms with van der Waals surface area (Å²) in [6, 6.07) is 12.5. The number of hydrogen-bond donors (Lipinski definition) is 1. The molecule has 3 rings (SSSR count). The number of carbonyl (C=O) groups is 2. The van der Waals surface area contributed by atoms with Crippen LogP contribution in [0, 0.1) is 12.8 Å². The van der Waals surface area contributed by atoms with Gasteiger partial charge in [-0.05, 0) is 62.3 Å². The number of ether oxygens (including phenoxy) is 2. The van der Waals surface area contributed by atoms with E-state index < -0.39 is 12.5 Å². The topological polar surface area (TPSA) is 67.9 Å². The molecule has 2 aromatic rings. The maximum atomic E-state index is 12.5. The van der Waals surface area contributed by atoms with E-state index in [0.717, 1.165) is 25.7 Å². The van der Waals surface area contributed by atoms with E-state index in [1.54, 1.807) is 4.90 Å². The summed E-state index contributed by atoms with van der Waals surface area (Å²) in [6.45, 7) is 0.325. The van der Waals surface area contributed by atoms with Crippen molar-refractivity contribution in [2.24, 2.45) is 5.92 Å². The number of nitrogens with zero attached hydrogens (tertiary/aromatic N) is 1. The smallest absolute Gasteiger partial charge is 0.387 e. The molecule has 6 nitrogen and oxygen atoms in total. The van der Waals surface area contributed by atoms with Crippen LogP contribution in [0.15, 0.2) is 42.5 Å². The van der Waals surface area contributed by atoms with E-state index in [-0.39, 0.29) is 29.5 Å². The summed E-state index contributed by atoms with van der Waals surface area (Å²) in [7, 11) is 1.29. The number of rotatable bonds is 9. The summed E-state index contributed by atoms with van der Waals surface area (Å²) in [4.78, 5) is 26.7. The van der Waals surface area contributed by atoms with E-state index in [1.807, 2.05) is 0 Å². The molecule has 178 valence electrons. The first-order valence-electron chi connectivity index (χ1n) is 11.1. The van der Waals surface area contributed by atoms with Crippen molar-refractivity contribution in [1.82, 2.24) is 10.2 Å². The van der Waals surface area contributed by atoms with E-state index in [1.165, 1.54) is 36.4 Å². The Morgan fingerprint density at radius 2 is 1.79 bits per heavy atom. The van der Waals surface area contributed by atoms with Gasteiger partial charge in [0.15, 0.2) is 11.5 Å². The van der Waals surface area contributed by atoms with Crippen molar-refractivity contribution in [1.29, 1.82) is 0 Å². The second-order valence-electron chi connectivity index (χ2n) is 8.28. The van der Waals surface area contributed by atoms with Crippen molar-refractivity contribution in [3.63, 3.8) is 0 Å². The number of likely N-dealkylation sites (tertiary alicyclic amines) is 1. The molecule has 1 aliphatic rings. The lowest BCUT2D eigenvalue weighted by Gasteiger charge is -2.32. The molecular formula is C25H30F2N2O4. The zero-order chi connectivity index (χ0) is 23.8. The van der Waals surface area contributed by atoms with E-state index in [9.17, 15) is 18.4 Å². The van der Waals surface area contributed by atoms with Crippen LogP contribution in [0.1, 0.15) is 40.7 Å². The molecule has 1 fully saturated rings. The van der Waals surface area contributed by atoms with Crippen LogP contribution in [0.2, 0.25) is 0 Å². The molecule has 0 radical (unpaired) electrons. The Labute approximate surface area is 192 Å². The van der Waals surface area contributed by atoms with Crippen molar-refractivity contribution in [3.8, 4) is 11.5 Å². The van der Waals surface area contributed by atoms with Gasteiger partial charge in [-0.15, -0.1) is 0 Å². The molecule has 33 heavy (non-hydrogen) atoms. The molecule has 0 atom stereocenters. The Balaban J connectivity index is 1.42. The van der Waals surface area contributed by atoms with Crippen molar-refractivity contribution in [3.05, 3.63) is 59.2 Å². The fraction of sp³-hybridized carbons (Fsp3) is 0.440. The predicted octanol–water partition coefficient (Wildman–Crippen LogP) is 4.21. The van der Waals surface area contributed by atoms with Gasteiger partial charge >= 0.3 is 6.61 Å². The molecule has 0 aliphatic carbocycles. The molecule has 0 unspecified atom stereocenters. The molecule has 1 saturated heterocycles. The number of hydrogen-bond acceptors (Lipinski definition) is 4. The number of methoxy groups -OCH3 is 1. The highest BCUT2D eigenvalue weighted by atomic mass is 19.3. The summed E-state index contributed by atoms with van der Waals surface area (Å²) in [6.07, 6.45) is 4.05. The minimum absolute atomic E-state index is 0.0157. The van der Waals surface area contributed by atoms with E-state index >= 15 is 0 Å². The van der Waals surface area contributed by atoms with Crippen molar-refractivity contribution < 1.29 is 27.8 Å². The summed E-state index contributed by atoms with van der Waals surface area (Å²) in [5.74, 6) is -0.179. The number of alkyl halides is 2. The Morgan fingerprint density at radius 1 is 1.09 bits per heavy atom. The second kappa shape index (κ2) is 11.6. The summed E-state index contributed by atoms with van der Waals surface area (Å²) < 4.78 is 34.2. The van der Waals surface area contributed by atoms with Crippen LogP contribution in [-0.4, -0.2) is 50.1 Å². The first-order valence-corrected chi connectivity index (χ1v) is 11.1. The third-order valence-corrected chi connectivity index (χ3v) is 5.97. The highest BCUT2D eigenvalue weighted by Crippen LogP contribution is 2.29. The lowest BCUT2D eigenvalue weighted by molar-refractivity contribution is -0.131. The Kier molecular flexibility index (Phi) is 8.63. The largest absolute Gasteiger partial charge is 0.493 e. The molecular weight excluding hydrogens is 430 g/mol. The van der Waals surface area contributed by atoms with E-state index in [4.69, 9.17) is 4.74 Å². The van der Waals surface area contributed by atoms with Crippen LogP contribution in [-0.2, 0) is 11.2 Å². The minimum atomic E-state index is -3.00. The van der Waals surface area contributed by atoms with Gasteiger partial charge in [-0.3, -0.25) is 9.59 Å².